The third kappa shape index (κ3) is 6.16. The second-order valence-electron chi connectivity index (χ2n) is 8.38. The lowest BCUT2D eigenvalue weighted by atomic mass is 9.86. The number of benzene rings is 2. The van der Waals surface area contributed by atoms with E-state index in [0.717, 1.165) is 12.8 Å². The summed E-state index contributed by atoms with van der Waals surface area (Å²) in [6.07, 6.45) is 2.97. The van der Waals surface area contributed by atoms with E-state index in [1.165, 1.54) is 22.3 Å². The van der Waals surface area contributed by atoms with Crippen LogP contribution in [0.4, 0.5) is 0 Å². The molecule has 0 aliphatic heterocycles. The lowest BCUT2D eigenvalue weighted by Gasteiger charge is -2.19. The minimum Gasteiger partial charge on any atom is -0.300 e. The Kier molecular flexibility index (Phi) is 6.58. The van der Waals surface area contributed by atoms with Crippen molar-refractivity contribution in [2.24, 2.45) is 0 Å². The zero-order chi connectivity index (χ0) is 18.4. The first-order chi connectivity index (χ1) is 11.8. The standard InChI is InChI=1S/C24H32O/c1-18(2)21-12-6-19(7-13-21)10-16-23(25)17-11-20-8-14-22(15-9-20)24(3,4)5/h6-9,12-15,18H,10-11,16-17H2,1-5H3. The number of carbonyl (C=O) groups is 1. The number of aryl methyl sites for hydroxylation is 2. The van der Waals surface area contributed by atoms with Crippen LogP contribution in [-0.4, -0.2) is 5.78 Å². The van der Waals surface area contributed by atoms with Gasteiger partial charge in [-0.05, 0) is 46.4 Å². The number of carbonyl (C=O) groups excluding carboxylic acids is 1. The Bertz CT molecular complexity index is 670. The first-order valence-corrected chi connectivity index (χ1v) is 9.45. The second-order valence-corrected chi connectivity index (χ2v) is 8.38. The SMILES string of the molecule is CC(C)c1ccc(CCC(=O)CCc2ccc(C(C)(C)C)cc2)cc1. The molecule has 0 aliphatic carbocycles. The van der Waals surface area contributed by atoms with Crippen LogP contribution in [0.2, 0.25) is 0 Å². The van der Waals surface area contributed by atoms with Crippen LogP contribution in [0.25, 0.3) is 0 Å². The van der Waals surface area contributed by atoms with Gasteiger partial charge in [0.15, 0.2) is 0 Å². The molecule has 0 amide bonds. The monoisotopic (exact) mass is 336 g/mol. The molecule has 1 nitrogen and oxygen atoms in total. The van der Waals surface area contributed by atoms with Gasteiger partial charge in [-0.1, -0.05) is 83.1 Å². The predicted octanol–water partition coefficient (Wildman–Crippen LogP) is 6.24. The second kappa shape index (κ2) is 8.47. The van der Waals surface area contributed by atoms with Gasteiger partial charge in [0.1, 0.15) is 5.78 Å². The Balaban J connectivity index is 1.78. The van der Waals surface area contributed by atoms with Crippen molar-refractivity contribution < 1.29 is 4.79 Å². The summed E-state index contributed by atoms with van der Waals surface area (Å²) in [5.41, 5.74) is 5.38. The van der Waals surface area contributed by atoms with Crippen LogP contribution in [0.5, 0.6) is 0 Å². The van der Waals surface area contributed by atoms with E-state index in [1.54, 1.807) is 0 Å². The van der Waals surface area contributed by atoms with Crippen LogP contribution in [-0.2, 0) is 23.1 Å². The van der Waals surface area contributed by atoms with Gasteiger partial charge in [-0.3, -0.25) is 4.79 Å². The van der Waals surface area contributed by atoms with E-state index in [2.05, 4.69) is 83.1 Å². The molecule has 2 aromatic rings. The zero-order valence-corrected chi connectivity index (χ0v) is 16.4. The van der Waals surface area contributed by atoms with Crippen molar-refractivity contribution in [3.05, 3.63) is 70.8 Å². The van der Waals surface area contributed by atoms with Crippen molar-refractivity contribution in [1.29, 1.82) is 0 Å². The molecule has 0 spiro atoms. The maximum Gasteiger partial charge on any atom is 0.133 e. The van der Waals surface area contributed by atoms with E-state index in [0.29, 0.717) is 24.5 Å². The molecule has 0 aromatic heterocycles. The molecule has 134 valence electrons. The third-order valence-corrected chi connectivity index (χ3v) is 4.85. The summed E-state index contributed by atoms with van der Waals surface area (Å²) in [4.78, 5) is 12.2. The number of hydrogen-bond donors (Lipinski definition) is 0. The average molecular weight is 337 g/mol. The molecule has 0 N–H and O–H groups in total. The first kappa shape index (κ1) is 19.4. The summed E-state index contributed by atoms with van der Waals surface area (Å²) in [6, 6.07) is 17.4. The molecule has 0 unspecified atom stereocenters. The van der Waals surface area contributed by atoms with Gasteiger partial charge in [-0.2, -0.15) is 0 Å². The summed E-state index contributed by atoms with van der Waals surface area (Å²) >= 11 is 0. The van der Waals surface area contributed by atoms with E-state index in [1.807, 2.05) is 0 Å². The summed E-state index contributed by atoms with van der Waals surface area (Å²) in [7, 11) is 0. The summed E-state index contributed by atoms with van der Waals surface area (Å²) in [5.74, 6) is 0.910. The molecule has 0 saturated carbocycles. The topological polar surface area (TPSA) is 17.1 Å². The molecular weight excluding hydrogens is 304 g/mol. The molecule has 0 aliphatic rings. The summed E-state index contributed by atoms with van der Waals surface area (Å²) in [5, 5.41) is 0. The Morgan fingerprint density at radius 2 is 1.24 bits per heavy atom. The number of ketones is 1. The Morgan fingerprint density at radius 1 is 0.800 bits per heavy atom. The zero-order valence-electron chi connectivity index (χ0n) is 16.4. The molecule has 0 fully saturated rings. The predicted molar refractivity (Wildman–Crippen MR) is 107 cm³/mol. The van der Waals surface area contributed by atoms with Crippen molar-refractivity contribution in [1.82, 2.24) is 0 Å². The maximum absolute atomic E-state index is 12.2. The average Bonchev–Trinajstić information content (AvgIpc) is 2.58. The van der Waals surface area contributed by atoms with E-state index in [-0.39, 0.29) is 5.41 Å². The normalized spacial score (nSPS) is 11.8. The van der Waals surface area contributed by atoms with E-state index in [4.69, 9.17) is 0 Å². The summed E-state index contributed by atoms with van der Waals surface area (Å²) < 4.78 is 0. The molecule has 0 bridgehead atoms. The van der Waals surface area contributed by atoms with Crippen LogP contribution < -0.4 is 0 Å². The van der Waals surface area contributed by atoms with Crippen molar-refractivity contribution in [2.45, 2.75) is 71.6 Å². The highest BCUT2D eigenvalue weighted by Crippen LogP contribution is 2.22. The fourth-order valence-corrected chi connectivity index (χ4v) is 2.93. The Morgan fingerprint density at radius 3 is 1.64 bits per heavy atom. The van der Waals surface area contributed by atoms with Crippen molar-refractivity contribution >= 4 is 5.78 Å². The first-order valence-electron chi connectivity index (χ1n) is 9.45. The fourth-order valence-electron chi connectivity index (χ4n) is 2.93. The van der Waals surface area contributed by atoms with Gasteiger partial charge in [-0.15, -0.1) is 0 Å². The minimum atomic E-state index is 0.180. The van der Waals surface area contributed by atoms with Crippen LogP contribution in [0, 0.1) is 0 Å². The smallest absolute Gasteiger partial charge is 0.133 e. The minimum absolute atomic E-state index is 0.180. The molecule has 2 aromatic carbocycles. The lowest BCUT2D eigenvalue weighted by Crippen LogP contribution is -2.10. The fraction of sp³-hybridized carbons (Fsp3) is 0.458. The Hall–Kier alpha value is -1.89. The maximum atomic E-state index is 12.2. The quantitative estimate of drug-likeness (QED) is 0.584. The van der Waals surface area contributed by atoms with Gasteiger partial charge >= 0.3 is 0 Å². The molecule has 1 heteroatoms. The van der Waals surface area contributed by atoms with Gasteiger partial charge in [0.2, 0.25) is 0 Å². The largest absolute Gasteiger partial charge is 0.300 e. The summed E-state index contributed by atoms with van der Waals surface area (Å²) in [6.45, 7) is 11.1. The van der Waals surface area contributed by atoms with E-state index < -0.39 is 0 Å². The van der Waals surface area contributed by atoms with Gasteiger partial charge < -0.3 is 0 Å². The molecule has 0 atom stereocenters. The van der Waals surface area contributed by atoms with Crippen LogP contribution in [0.15, 0.2) is 48.5 Å². The molecule has 0 heterocycles. The number of hydrogen-bond acceptors (Lipinski definition) is 1. The van der Waals surface area contributed by atoms with E-state index in [9.17, 15) is 4.79 Å². The number of Topliss-reactive ketones (excluding diaryl/α,β-unsaturated/α-hetero) is 1. The van der Waals surface area contributed by atoms with Crippen LogP contribution in [0.1, 0.15) is 75.6 Å². The van der Waals surface area contributed by atoms with Crippen molar-refractivity contribution in [2.75, 3.05) is 0 Å². The van der Waals surface area contributed by atoms with Crippen LogP contribution in [0.3, 0.4) is 0 Å². The van der Waals surface area contributed by atoms with Gasteiger partial charge in [0.05, 0.1) is 0 Å². The van der Waals surface area contributed by atoms with Crippen molar-refractivity contribution in [3.63, 3.8) is 0 Å². The van der Waals surface area contributed by atoms with Crippen molar-refractivity contribution in [3.8, 4) is 0 Å². The number of rotatable bonds is 7. The molecule has 2 rings (SSSR count). The van der Waals surface area contributed by atoms with E-state index >= 15 is 0 Å². The molecule has 25 heavy (non-hydrogen) atoms. The Labute approximate surface area is 153 Å². The third-order valence-electron chi connectivity index (χ3n) is 4.85. The molecule has 0 saturated heterocycles. The van der Waals surface area contributed by atoms with Gasteiger partial charge in [0.25, 0.3) is 0 Å². The van der Waals surface area contributed by atoms with Gasteiger partial charge in [-0.25, -0.2) is 0 Å². The highest BCUT2D eigenvalue weighted by Gasteiger charge is 2.13. The highest BCUT2D eigenvalue weighted by molar-refractivity contribution is 5.78. The highest BCUT2D eigenvalue weighted by atomic mass is 16.1. The molecule has 0 radical (unpaired) electrons. The lowest BCUT2D eigenvalue weighted by molar-refractivity contribution is -0.119. The molecular formula is C24H32O. The van der Waals surface area contributed by atoms with Crippen LogP contribution >= 0.6 is 0 Å². The van der Waals surface area contributed by atoms with Gasteiger partial charge in [0, 0.05) is 12.8 Å².